The quantitative estimate of drug-likeness (QED) is 0.716. The first-order chi connectivity index (χ1) is 13.5. The molecule has 5 heteroatoms. The van der Waals surface area contributed by atoms with Gasteiger partial charge in [-0.15, -0.1) is 0 Å². The van der Waals surface area contributed by atoms with Crippen LogP contribution in [-0.2, 0) is 9.59 Å². The molecule has 2 amide bonds. The minimum atomic E-state index is -0.499. The van der Waals surface area contributed by atoms with Gasteiger partial charge in [-0.05, 0) is 62.1 Å². The molecule has 1 atom stereocenters. The van der Waals surface area contributed by atoms with Gasteiger partial charge in [0.2, 0.25) is 5.91 Å². The number of benzene rings is 1. The smallest absolute Gasteiger partial charge is 0.250 e. The Balaban J connectivity index is 1.64. The van der Waals surface area contributed by atoms with Crippen molar-refractivity contribution in [2.75, 3.05) is 6.54 Å². The van der Waals surface area contributed by atoms with Gasteiger partial charge in [0, 0.05) is 17.1 Å². The summed E-state index contributed by atoms with van der Waals surface area (Å²) in [5.74, 6) is 0.940. The number of nitrogens with zero attached hydrogens (tertiary/aromatic N) is 2. The number of rotatable bonds is 3. The lowest BCUT2D eigenvalue weighted by Gasteiger charge is -2.48. The van der Waals surface area contributed by atoms with E-state index < -0.39 is 6.04 Å². The van der Waals surface area contributed by atoms with E-state index in [1.54, 1.807) is 0 Å². The monoisotopic (exact) mass is 402 g/mol. The van der Waals surface area contributed by atoms with E-state index in [1.165, 1.54) is 6.42 Å². The maximum atomic E-state index is 13.7. The van der Waals surface area contributed by atoms with Crippen molar-refractivity contribution >= 4 is 23.4 Å². The summed E-state index contributed by atoms with van der Waals surface area (Å²) in [6.07, 6.45) is 9.81. The predicted octanol–water partition coefficient (Wildman–Crippen LogP) is 4.96. The van der Waals surface area contributed by atoms with Crippen LogP contribution in [0.15, 0.2) is 24.3 Å². The van der Waals surface area contributed by atoms with Crippen LogP contribution < -0.4 is 0 Å². The molecular weight excluding hydrogens is 372 g/mol. The summed E-state index contributed by atoms with van der Waals surface area (Å²) < 4.78 is 0. The summed E-state index contributed by atoms with van der Waals surface area (Å²) in [4.78, 5) is 30.8. The van der Waals surface area contributed by atoms with Gasteiger partial charge in [0.25, 0.3) is 5.91 Å². The number of halogens is 1. The van der Waals surface area contributed by atoms with Gasteiger partial charge in [0.1, 0.15) is 12.6 Å². The molecule has 0 N–H and O–H groups in total. The van der Waals surface area contributed by atoms with Gasteiger partial charge in [0.05, 0.1) is 0 Å². The largest absolute Gasteiger partial charge is 0.328 e. The van der Waals surface area contributed by atoms with Gasteiger partial charge in [-0.2, -0.15) is 0 Å². The summed E-state index contributed by atoms with van der Waals surface area (Å²) in [5, 5.41) is 0.653. The van der Waals surface area contributed by atoms with E-state index in [0.29, 0.717) is 5.02 Å². The third kappa shape index (κ3) is 3.94. The van der Waals surface area contributed by atoms with Crippen LogP contribution >= 0.6 is 11.6 Å². The van der Waals surface area contributed by atoms with Gasteiger partial charge in [-0.1, -0.05) is 49.9 Å². The van der Waals surface area contributed by atoms with Crippen LogP contribution in [0.5, 0.6) is 0 Å². The summed E-state index contributed by atoms with van der Waals surface area (Å²) in [6, 6.07) is 7.38. The van der Waals surface area contributed by atoms with Crippen LogP contribution in [0.25, 0.3) is 0 Å². The normalized spacial score (nSPS) is 30.0. The SMILES string of the molecule is CC1CCC(N2CC(=O)N(C3CCCCC3)[C@@H](c3ccc(Cl)cc3)C2=O)CC1. The van der Waals surface area contributed by atoms with E-state index in [4.69, 9.17) is 11.6 Å². The fraction of sp³-hybridized carbons (Fsp3) is 0.652. The highest BCUT2D eigenvalue weighted by atomic mass is 35.5. The minimum absolute atomic E-state index is 0.104. The first kappa shape index (κ1) is 19.8. The molecule has 1 heterocycles. The molecule has 0 bridgehead atoms. The molecule has 1 aromatic rings. The van der Waals surface area contributed by atoms with Gasteiger partial charge >= 0.3 is 0 Å². The van der Waals surface area contributed by atoms with Crippen molar-refractivity contribution in [2.45, 2.75) is 82.8 Å². The van der Waals surface area contributed by atoms with E-state index in [0.717, 1.165) is 62.8 Å². The fourth-order valence-corrected chi connectivity index (χ4v) is 5.44. The summed E-state index contributed by atoms with van der Waals surface area (Å²) >= 11 is 6.09. The summed E-state index contributed by atoms with van der Waals surface area (Å²) in [7, 11) is 0. The van der Waals surface area contributed by atoms with Crippen molar-refractivity contribution in [2.24, 2.45) is 5.92 Å². The maximum absolute atomic E-state index is 13.7. The molecule has 2 saturated carbocycles. The van der Waals surface area contributed by atoms with Crippen molar-refractivity contribution in [3.8, 4) is 0 Å². The van der Waals surface area contributed by atoms with Crippen molar-refractivity contribution in [1.29, 1.82) is 0 Å². The number of hydrogen-bond donors (Lipinski definition) is 0. The first-order valence-electron chi connectivity index (χ1n) is 10.9. The lowest BCUT2D eigenvalue weighted by molar-refractivity contribution is -0.162. The average Bonchev–Trinajstić information content (AvgIpc) is 2.71. The third-order valence-corrected chi connectivity index (χ3v) is 7.22. The standard InChI is InChI=1S/C23H31ClN2O2/c1-16-7-13-19(14-8-16)25-15-21(27)26(20-5-3-2-4-6-20)22(23(25)28)17-9-11-18(24)12-10-17/h9-12,16,19-20,22H,2-8,13-15H2,1H3/t16?,19?,22-/m0/s1. The molecular formula is C23H31ClN2O2. The molecule has 4 rings (SSSR count). The zero-order valence-electron chi connectivity index (χ0n) is 16.8. The Labute approximate surface area is 173 Å². The van der Waals surface area contributed by atoms with E-state index >= 15 is 0 Å². The van der Waals surface area contributed by atoms with Gasteiger partial charge in [-0.3, -0.25) is 9.59 Å². The Hall–Kier alpha value is -1.55. The van der Waals surface area contributed by atoms with Gasteiger partial charge in [-0.25, -0.2) is 0 Å². The lowest BCUT2D eigenvalue weighted by atomic mass is 9.85. The Kier molecular flexibility index (Phi) is 5.96. The predicted molar refractivity (Wildman–Crippen MR) is 111 cm³/mol. The Morgan fingerprint density at radius 2 is 1.50 bits per heavy atom. The van der Waals surface area contributed by atoms with Crippen LogP contribution in [0, 0.1) is 5.92 Å². The number of carbonyl (C=O) groups excluding carboxylic acids is 2. The van der Waals surface area contributed by atoms with Crippen molar-refractivity contribution < 1.29 is 9.59 Å². The maximum Gasteiger partial charge on any atom is 0.250 e. The second-order valence-electron chi connectivity index (χ2n) is 8.93. The minimum Gasteiger partial charge on any atom is -0.328 e. The number of amides is 2. The molecule has 0 aromatic heterocycles. The van der Waals surface area contributed by atoms with Crippen LogP contribution in [0.1, 0.15) is 76.3 Å². The molecule has 4 nitrogen and oxygen atoms in total. The molecule has 0 spiro atoms. The zero-order chi connectivity index (χ0) is 19.7. The van der Waals surface area contributed by atoms with E-state index in [9.17, 15) is 9.59 Å². The molecule has 2 aliphatic carbocycles. The molecule has 0 radical (unpaired) electrons. The van der Waals surface area contributed by atoms with E-state index in [1.807, 2.05) is 34.1 Å². The Morgan fingerprint density at radius 1 is 0.857 bits per heavy atom. The van der Waals surface area contributed by atoms with Crippen molar-refractivity contribution in [3.63, 3.8) is 0 Å². The zero-order valence-corrected chi connectivity index (χ0v) is 17.5. The summed E-state index contributed by atoms with van der Waals surface area (Å²) in [5.41, 5.74) is 0.891. The van der Waals surface area contributed by atoms with Crippen molar-refractivity contribution in [3.05, 3.63) is 34.9 Å². The molecule has 152 valence electrons. The molecule has 3 fully saturated rings. The van der Waals surface area contributed by atoms with Crippen LogP contribution in [0.2, 0.25) is 5.02 Å². The topological polar surface area (TPSA) is 40.6 Å². The first-order valence-corrected chi connectivity index (χ1v) is 11.3. The average molecular weight is 403 g/mol. The van der Waals surface area contributed by atoms with Crippen LogP contribution in [0.4, 0.5) is 0 Å². The summed E-state index contributed by atoms with van der Waals surface area (Å²) in [6.45, 7) is 2.53. The highest BCUT2D eigenvalue weighted by molar-refractivity contribution is 6.30. The van der Waals surface area contributed by atoms with E-state index in [2.05, 4.69) is 6.92 Å². The highest BCUT2D eigenvalue weighted by Crippen LogP contribution is 2.37. The van der Waals surface area contributed by atoms with Crippen LogP contribution in [0.3, 0.4) is 0 Å². The number of piperazine rings is 1. The molecule has 0 unspecified atom stereocenters. The lowest BCUT2D eigenvalue weighted by Crippen LogP contribution is -2.61. The molecule has 3 aliphatic rings. The highest BCUT2D eigenvalue weighted by Gasteiger charge is 2.45. The van der Waals surface area contributed by atoms with Crippen molar-refractivity contribution in [1.82, 2.24) is 9.80 Å². The van der Waals surface area contributed by atoms with Crippen LogP contribution in [-0.4, -0.2) is 40.2 Å². The number of hydrogen-bond acceptors (Lipinski definition) is 2. The molecule has 1 aliphatic heterocycles. The molecule has 1 aromatic carbocycles. The van der Waals surface area contributed by atoms with E-state index in [-0.39, 0.29) is 30.4 Å². The molecule has 1 saturated heterocycles. The Bertz CT molecular complexity index is 706. The van der Waals surface area contributed by atoms with Gasteiger partial charge < -0.3 is 9.80 Å². The fourth-order valence-electron chi connectivity index (χ4n) is 5.31. The number of carbonyl (C=O) groups is 2. The van der Waals surface area contributed by atoms with Gasteiger partial charge in [0.15, 0.2) is 0 Å². The second kappa shape index (κ2) is 8.44. The third-order valence-electron chi connectivity index (χ3n) is 6.97. The Morgan fingerprint density at radius 3 is 2.14 bits per heavy atom. The second-order valence-corrected chi connectivity index (χ2v) is 9.36. The molecule has 28 heavy (non-hydrogen) atoms.